The van der Waals surface area contributed by atoms with E-state index >= 15 is 0 Å². The normalized spacial score (nSPS) is 20.3. The maximum absolute atomic E-state index is 10.7. The van der Waals surface area contributed by atoms with Gasteiger partial charge in [-0.05, 0) is 33.6 Å². The van der Waals surface area contributed by atoms with E-state index < -0.39 is 4.32 Å². The molecule has 0 aromatic heterocycles. The van der Waals surface area contributed by atoms with Crippen molar-refractivity contribution in [1.82, 2.24) is 0 Å². The van der Waals surface area contributed by atoms with Crippen LogP contribution in [0, 0.1) is 0 Å². The molecule has 5 rings (SSSR count). The summed E-state index contributed by atoms with van der Waals surface area (Å²) in [5.41, 5.74) is 5.51. The molecule has 0 spiro atoms. The van der Waals surface area contributed by atoms with Crippen LogP contribution in [0.4, 0.5) is 0 Å². The summed E-state index contributed by atoms with van der Waals surface area (Å²) in [5.74, 6) is 0.356. The largest absolute Gasteiger partial charge is 0.507 e. The molecule has 3 aromatic rings. The monoisotopic (exact) mass is 412 g/mol. The molecule has 27 heavy (non-hydrogen) atoms. The lowest BCUT2D eigenvalue weighted by molar-refractivity contribution is 0.508. The first kappa shape index (κ1) is 16.3. The number of fused-ring (bicyclic) bond motifs is 2. The predicted octanol–water partition coefficient (Wildman–Crippen LogP) is 4.97. The number of benzene rings is 3. The Kier molecular flexibility index (Phi) is 3.70. The van der Waals surface area contributed by atoms with Crippen molar-refractivity contribution < 1.29 is 5.11 Å². The van der Waals surface area contributed by atoms with Gasteiger partial charge in [0.2, 0.25) is 0 Å². The maximum atomic E-state index is 10.7. The Labute approximate surface area is 166 Å². The molecular weight excluding hydrogens is 396 g/mol. The molecule has 1 unspecified atom stereocenters. The van der Waals surface area contributed by atoms with E-state index in [0.717, 1.165) is 27.1 Å². The van der Waals surface area contributed by atoms with Crippen molar-refractivity contribution >= 4 is 27.3 Å². The summed E-state index contributed by atoms with van der Waals surface area (Å²) in [6.07, 6.45) is 6.37. The van der Waals surface area contributed by atoms with Crippen LogP contribution in [0.25, 0.3) is 22.5 Å². The van der Waals surface area contributed by atoms with Crippen molar-refractivity contribution in [2.24, 2.45) is 0 Å². The van der Waals surface area contributed by atoms with Gasteiger partial charge < -0.3 is 5.11 Å². The third kappa shape index (κ3) is 2.60. The first-order valence-corrected chi connectivity index (χ1v) is 9.75. The lowest BCUT2D eigenvalue weighted by Gasteiger charge is -2.26. The molecule has 1 atom stereocenters. The third-order valence-corrected chi connectivity index (χ3v) is 6.25. The zero-order chi connectivity index (χ0) is 18.4. The van der Waals surface area contributed by atoms with Crippen LogP contribution in [-0.4, -0.2) is 5.11 Å². The fourth-order valence-corrected chi connectivity index (χ4v) is 4.48. The third-order valence-electron chi connectivity index (χ3n) is 5.30. The zero-order valence-corrected chi connectivity index (χ0v) is 16.1. The number of allylic oxidation sites excluding steroid dienone is 3. The van der Waals surface area contributed by atoms with Crippen molar-refractivity contribution in [1.29, 1.82) is 0 Å². The summed E-state index contributed by atoms with van der Waals surface area (Å²) in [6, 6.07) is 26.9. The molecule has 0 saturated carbocycles. The Morgan fingerprint density at radius 2 is 1.33 bits per heavy atom. The number of rotatable bonds is 2. The van der Waals surface area contributed by atoms with Crippen LogP contribution < -0.4 is 10.4 Å². The van der Waals surface area contributed by atoms with Gasteiger partial charge in [-0.3, -0.25) is 0 Å². The van der Waals surface area contributed by atoms with Gasteiger partial charge in [0.15, 0.2) is 0 Å². The van der Waals surface area contributed by atoms with Gasteiger partial charge in [-0.25, -0.2) is 0 Å². The number of aliphatic hydroxyl groups is 1. The van der Waals surface area contributed by atoms with Crippen molar-refractivity contribution in [3.63, 3.8) is 0 Å². The Morgan fingerprint density at radius 3 is 2.07 bits per heavy atom. The van der Waals surface area contributed by atoms with Crippen LogP contribution in [-0.2, 0) is 4.32 Å². The summed E-state index contributed by atoms with van der Waals surface area (Å²) in [5, 5.41) is 12.7. The molecule has 0 radical (unpaired) electrons. The lowest BCUT2D eigenvalue weighted by atomic mass is 9.88. The number of hydrogen-bond donors (Lipinski definition) is 1. The van der Waals surface area contributed by atoms with Crippen LogP contribution in [0.15, 0.2) is 103 Å². The highest BCUT2D eigenvalue weighted by Gasteiger charge is 2.31. The van der Waals surface area contributed by atoms with Crippen molar-refractivity contribution in [2.75, 3.05) is 0 Å². The van der Waals surface area contributed by atoms with Crippen LogP contribution >= 0.6 is 15.9 Å². The molecule has 0 saturated heterocycles. The highest BCUT2D eigenvalue weighted by Crippen LogP contribution is 2.43. The molecule has 0 fully saturated rings. The molecule has 0 bridgehead atoms. The molecule has 130 valence electrons. The van der Waals surface area contributed by atoms with Gasteiger partial charge in [-0.2, -0.15) is 0 Å². The highest BCUT2D eigenvalue weighted by molar-refractivity contribution is 9.09. The van der Waals surface area contributed by atoms with Crippen LogP contribution in [0.3, 0.4) is 0 Å². The van der Waals surface area contributed by atoms with Crippen LogP contribution in [0.2, 0.25) is 0 Å². The first-order valence-electron chi connectivity index (χ1n) is 8.96. The summed E-state index contributed by atoms with van der Waals surface area (Å²) < 4.78 is -0.433. The lowest BCUT2D eigenvalue weighted by Crippen LogP contribution is -2.23. The molecule has 0 amide bonds. The molecule has 3 aromatic carbocycles. The summed E-state index contributed by atoms with van der Waals surface area (Å²) >= 11 is 3.89. The van der Waals surface area contributed by atoms with E-state index in [1.54, 1.807) is 0 Å². The van der Waals surface area contributed by atoms with Crippen molar-refractivity contribution in [3.8, 4) is 11.1 Å². The van der Waals surface area contributed by atoms with E-state index in [2.05, 4.69) is 88.8 Å². The van der Waals surface area contributed by atoms with E-state index in [9.17, 15) is 5.11 Å². The number of halogens is 1. The molecule has 2 heteroatoms. The van der Waals surface area contributed by atoms with E-state index in [0.29, 0.717) is 5.76 Å². The predicted molar refractivity (Wildman–Crippen MR) is 115 cm³/mol. The fourth-order valence-electron chi connectivity index (χ4n) is 3.86. The van der Waals surface area contributed by atoms with E-state index in [1.165, 1.54) is 11.1 Å². The Balaban J connectivity index is 1.58. The quantitative estimate of drug-likeness (QED) is 0.589. The van der Waals surface area contributed by atoms with Crippen molar-refractivity contribution in [3.05, 3.63) is 119 Å². The average Bonchev–Trinajstić information content (AvgIpc) is 3.01. The molecular formula is C25H17BrO. The fraction of sp³-hybridized carbons (Fsp3) is 0.0400. The number of hydrogen-bond acceptors (Lipinski definition) is 1. The van der Waals surface area contributed by atoms with E-state index in [1.807, 2.05) is 24.3 Å². The topological polar surface area (TPSA) is 20.2 Å². The van der Waals surface area contributed by atoms with Gasteiger partial charge >= 0.3 is 0 Å². The van der Waals surface area contributed by atoms with E-state index in [-0.39, 0.29) is 0 Å². The molecule has 1 N–H and O–H groups in total. The average molecular weight is 413 g/mol. The second-order valence-electron chi connectivity index (χ2n) is 6.91. The minimum atomic E-state index is -0.433. The van der Waals surface area contributed by atoms with Crippen LogP contribution in [0.5, 0.6) is 0 Å². The Hall–Kier alpha value is -2.84. The second kappa shape index (κ2) is 6.11. The summed E-state index contributed by atoms with van der Waals surface area (Å²) in [7, 11) is 0. The van der Waals surface area contributed by atoms with Gasteiger partial charge in [0.1, 0.15) is 5.76 Å². The van der Waals surface area contributed by atoms with Gasteiger partial charge in [0.25, 0.3) is 0 Å². The summed E-state index contributed by atoms with van der Waals surface area (Å²) in [4.78, 5) is 0. The van der Waals surface area contributed by atoms with Gasteiger partial charge in [-0.15, -0.1) is 0 Å². The zero-order valence-electron chi connectivity index (χ0n) is 14.6. The van der Waals surface area contributed by atoms with Crippen molar-refractivity contribution in [2.45, 2.75) is 4.32 Å². The maximum Gasteiger partial charge on any atom is 0.131 e. The SMILES string of the molecule is OC1=c2ccccc2=C2C=CC(Br)(c3ccc(-c4ccccc4)cc3)C=C12. The molecule has 1 nitrogen and oxygen atoms in total. The smallest absolute Gasteiger partial charge is 0.131 e. The van der Waals surface area contributed by atoms with E-state index in [4.69, 9.17) is 0 Å². The Bertz CT molecular complexity index is 1220. The van der Waals surface area contributed by atoms with Gasteiger partial charge in [0, 0.05) is 10.8 Å². The highest BCUT2D eigenvalue weighted by atomic mass is 79.9. The minimum Gasteiger partial charge on any atom is -0.507 e. The van der Waals surface area contributed by atoms with Gasteiger partial charge in [0.05, 0.1) is 4.32 Å². The minimum absolute atomic E-state index is 0.356. The standard InChI is InChI=1S/C25H17BrO/c26-25(19-12-10-18(11-13-19)17-6-2-1-3-7-17)15-14-21-20-8-4-5-9-22(20)24(27)23(21)16-25/h1-16,27H. The number of alkyl halides is 1. The molecule has 0 aliphatic heterocycles. The summed E-state index contributed by atoms with van der Waals surface area (Å²) in [6.45, 7) is 0. The molecule has 0 heterocycles. The van der Waals surface area contributed by atoms with Gasteiger partial charge in [-0.1, -0.05) is 107 Å². The molecule has 2 aliphatic rings. The first-order chi connectivity index (χ1) is 13.2. The van der Waals surface area contributed by atoms with Crippen LogP contribution in [0.1, 0.15) is 5.56 Å². The number of aliphatic hydroxyl groups excluding tert-OH is 1. The molecule has 2 aliphatic carbocycles. The Morgan fingerprint density at radius 1 is 0.704 bits per heavy atom. The second-order valence-corrected chi connectivity index (χ2v) is 8.22.